The number of amides is 2. The van der Waals surface area contributed by atoms with Gasteiger partial charge in [0, 0.05) is 125 Å². The van der Waals surface area contributed by atoms with Gasteiger partial charge in [-0.25, -0.2) is 9.59 Å². The number of alkyl halides is 12. The smallest absolute Gasteiger partial charge is 0.434 e. The number of rotatable bonds is 14. The van der Waals surface area contributed by atoms with Crippen molar-refractivity contribution in [1.82, 2.24) is 29.4 Å². The zero-order valence-electron chi connectivity index (χ0n) is 48.0. The maximum absolute atomic E-state index is 12.8. The number of piperazine rings is 2. The van der Waals surface area contributed by atoms with Crippen molar-refractivity contribution in [2.75, 3.05) is 115 Å². The monoisotopic (exact) mass is 1280 g/mol. The molecule has 6 aliphatic heterocycles. The third-order valence-corrected chi connectivity index (χ3v) is 17.0. The molecular formula is C56H74Cl2F12N8O8. The van der Waals surface area contributed by atoms with E-state index in [2.05, 4.69) is 29.1 Å². The van der Waals surface area contributed by atoms with E-state index in [1.807, 2.05) is 54.8 Å². The van der Waals surface area contributed by atoms with E-state index in [9.17, 15) is 77.0 Å². The zero-order chi connectivity index (χ0) is 63.1. The first-order chi connectivity index (χ1) is 40.1. The maximum Gasteiger partial charge on any atom is 0.434 e. The summed E-state index contributed by atoms with van der Waals surface area (Å²) in [5, 5.41) is 10.4. The number of carbonyl (C=O) groups excluding carboxylic acids is 3. The number of esters is 1. The number of piperidine rings is 2. The first-order valence-corrected chi connectivity index (χ1v) is 29.5. The average molecular weight is 1290 g/mol. The third-order valence-electron chi connectivity index (χ3n) is 16.5. The van der Waals surface area contributed by atoms with E-state index in [-0.39, 0.29) is 77.5 Å². The van der Waals surface area contributed by atoms with Crippen LogP contribution in [-0.4, -0.2) is 218 Å². The van der Waals surface area contributed by atoms with Crippen LogP contribution in [-0.2, 0) is 36.9 Å². The van der Waals surface area contributed by atoms with Crippen LogP contribution in [0, 0.1) is 11.8 Å². The molecule has 0 saturated carbocycles. The predicted molar refractivity (Wildman–Crippen MR) is 294 cm³/mol. The second-order valence-electron chi connectivity index (χ2n) is 23.8. The van der Waals surface area contributed by atoms with E-state index in [1.54, 1.807) is 12.1 Å². The van der Waals surface area contributed by atoms with Crippen LogP contribution in [0.4, 0.5) is 73.6 Å². The molecule has 2 aromatic carbocycles. The lowest BCUT2D eigenvalue weighted by Crippen LogP contribution is -2.52. The largest absolute Gasteiger partial charge is 0.480 e. The van der Waals surface area contributed by atoms with Crippen LogP contribution in [0.1, 0.15) is 83.3 Å². The zero-order valence-corrected chi connectivity index (χ0v) is 49.5. The summed E-state index contributed by atoms with van der Waals surface area (Å²) in [5.74, 6) is -0.184. The number of likely N-dealkylation sites (tertiary alicyclic amines) is 2. The van der Waals surface area contributed by atoms with Gasteiger partial charge in [0.25, 0.3) is 12.2 Å². The number of ether oxygens (including phenoxy) is 3. The van der Waals surface area contributed by atoms with Crippen molar-refractivity contribution in [3.8, 4) is 0 Å². The van der Waals surface area contributed by atoms with E-state index >= 15 is 0 Å². The molecule has 0 spiro atoms. The van der Waals surface area contributed by atoms with E-state index in [0.717, 1.165) is 123 Å². The van der Waals surface area contributed by atoms with E-state index in [4.69, 9.17) is 27.9 Å². The van der Waals surface area contributed by atoms with Crippen LogP contribution in [0.2, 0.25) is 10.0 Å². The Morgan fingerprint density at radius 2 is 0.860 bits per heavy atom. The number of aliphatic carboxylic acids is 1. The fourth-order valence-corrected chi connectivity index (χ4v) is 12.8. The molecular weight excluding hydrogens is 1210 g/mol. The standard InChI is InChI=1S/C30H41ClF6N4O4.C26H33ClF6N4O4/c1-28(2,3)45-25(42)19-41-10-4-5-23(41)20-8-11-39(12-9-20)24-17-22(31)7-6-21(24)18-38-13-15-40(16-14-38)27(43)44-26(29(32,33)34)30(35,36)37;27-19-4-3-18(15-34-10-12-36(13-11-34)24(40)41-23(25(28,29)30)26(31,32)33)21(14-19)35-8-5-17(6-9-35)20-2-1-7-37(20)16-22(38)39/h6-7,17,20,23,26H,4-5,8-16,18-19H2,1-3H3;3-4,14,17,20,23H,1-2,5-13,15-16H2,(H,38,39). The molecule has 1 N–H and O–H groups in total. The third kappa shape index (κ3) is 19.3. The molecule has 6 heterocycles. The SMILES string of the molecule is CC(C)(C)OC(=O)CN1CCCC1C1CCN(c2cc(Cl)ccc2CN2CCN(C(=O)OC(C(F)(F)F)C(F)(F)F)CC2)CC1.O=C(O)CN1CCCC1C1CCN(c2cc(Cl)ccc2CN2CCN(C(=O)OC(C(F)(F)F)C(F)(F)F)CC2)CC1. The van der Waals surface area contributed by atoms with Crippen molar-refractivity contribution in [3.63, 3.8) is 0 Å². The predicted octanol–water partition coefficient (Wildman–Crippen LogP) is 11.0. The summed E-state index contributed by atoms with van der Waals surface area (Å²) in [7, 11) is 0. The second kappa shape index (κ2) is 28.7. The van der Waals surface area contributed by atoms with Gasteiger partial charge in [-0.2, -0.15) is 52.7 Å². The molecule has 6 saturated heterocycles. The van der Waals surface area contributed by atoms with Gasteiger partial charge in [0.15, 0.2) is 0 Å². The first kappa shape index (κ1) is 68.6. The molecule has 0 aromatic heterocycles. The van der Waals surface area contributed by atoms with Gasteiger partial charge in [-0.3, -0.25) is 29.2 Å². The Morgan fingerprint density at radius 3 is 1.19 bits per heavy atom. The molecule has 2 atom stereocenters. The lowest BCUT2D eigenvalue weighted by molar-refractivity contribution is -0.309. The van der Waals surface area contributed by atoms with Gasteiger partial charge < -0.3 is 38.9 Å². The topological polar surface area (TPSA) is 142 Å². The summed E-state index contributed by atoms with van der Waals surface area (Å²) >= 11 is 12.7. The van der Waals surface area contributed by atoms with Crippen molar-refractivity contribution < 1.29 is 91.2 Å². The van der Waals surface area contributed by atoms with Gasteiger partial charge in [0.05, 0.1) is 13.1 Å². The lowest BCUT2D eigenvalue weighted by atomic mass is 9.87. The highest BCUT2D eigenvalue weighted by molar-refractivity contribution is 6.31. The van der Waals surface area contributed by atoms with Gasteiger partial charge in [-0.15, -0.1) is 0 Å². The Bertz CT molecular complexity index is 2570. The first-order valence-electron chi connectivity index (χ1n) is 28.7. The van der Waals surface area contributed by atoms with Gasteiger partial charge in [0.2, 0.25) is 0 Å². The van der Waals surface area contributed by atoms with Crippen LogP contribution < -0.4 is 9.80 Å². The molecule has 6 fully saturated rings. The number of halogens is 14. The number of carbonyl (C=O) groups is 4. The summed E-state index contributed by atoms with van der Waals surface area (Å²) in [5.41, 5.74) is 3.34. The minimum atomic E-state index is -5.76. The Labute approximate surface area is 501 Å². The molecule has 484 valence electrons. The van der Waals surface area contributed by atoms with Gasteiger partial charge in [0.1, 0.15) is 5.60 Å². The second-order valence-corrected chi connectivity index (χ2v) is 24.6. The van der Waals surface area contributed by atoms with Crippen LogP contribution in [0.15, 0.2) is 36.4 Å². The van der Waals surface area contributed by atoms with Crippen LogP contribution >= 0.6 is 23.2 Å². The van der Waals surface area contributed by atoms with Crippen molar-refractivity contribution in [2.45, 2.75) is 140 Å². The number of benzene rings is 2. The van der Waals surface area contributed by atoms with Gasteiger partial charge in [-0.05, 0) is 132 Å². The molecule has 6 aliphatic rings. The molecule has 2 amide bonds. The highest BCUT2D eigenvalue weighted by Crippen LogP contribution is 2.40. The minimum absolute atomic E-state index is 0.0551. The Morgan fingerprint density at radius 1 is 0.512 bits per heavy atom. The maximum atomic E-state index is 12.8. The average Bonchev–Trinajstić information content (AvgIpc) is 4.15. The lowest BCUT2D eigenvalue weighted by Gasteiger charge is -2.40. The summed E-state index contributed by atoms with van der Waals surface area (Å²) < 4.78 is 167. The quantitative estimate of drug-likeness (QED) is 0.109. The highest BCUT2D eigenvalue weighted by Gasteiger charge is 2.61. The number of hydrogen-bond acceptors (Lipinski definition) is 13. The number of carboxylic acids is 1. The normalized spacial score (nSPS) is 21.7. The molecule has 16 nitrogen and oxygen atoms in total. The molecule has 0 radical (unpaired) electrons. The summed E-state index contributed by atoms with van der Waals surface area (Å²) in [6.45, 7) is 12.3. The highest BCUT2D eigenvalue weighted by atomic mass is 35.5. The van der Waals surface area contributed by atoms with Crippen LogP contribution in [0.25, 0.3) is 0 Å². The Balaban J connectivity index is 0.000000247. The van der Waals surface area contributed by atoms with Crippen molar-refractivity contribution >= 4 is 58.7 Å². The molecule has 0 aliphatic carbocycles. The Kier molecular flexibility index (Phi) is 22.9. The van der Waals surface area contributed by atoms with Crippen molar-refractivity contribution in [3.05, 3.63) is 57.6 Å². The fourth-order valence-electron chi connectivity index (χ4n) is 12.5. The number of carboxylic acid groups (broad SMARTS) is 1. The van der Waals surface area contributed by atoms with Crippen LogP contribution in [0.5, 0.6) is 0 Å². The Hall–Kier alpha value is -4.90. The number of anilines is 2. The van der Waals surface area contributed by atoms with E-state index in [0.29, 0.717) is 41.0 Å². The van der Waals surface area contributed by atoms with Crippen molar-refractivity contribution in [1.29, 1.82) is 0 Å². The van der Waals surface area contributed by atoms with Crippen LogP contribution in [0.3, 0.4) is 0 Å². The molecule has 86 heavy (non-hydrogen) atoms. The fraction of sp³-hybridized carbons (Fsp3) is 0.714. The summed E-state index contributed by atoms with van der Waals surface area (Å²) in [4.78, 5) is 62.5. The number of hydrogen-bond donors (Lipinski definition) is 1. The van der Waals surface area contributed by atoms with E-state index < -0.39 is 60.7 Å². The molecule has 2 aromatic rings. The summed E-state index contributed by atoms with van der Waals surface area (Å²) in [6.07, 6.45) is -26.9. The minimum Gasteiger partial charge on any atom is -0.480 e. The molecule has 2 unspecified atom stereocenters. The molecule has 8 rings (SSSR count). The molecule has 0 bridgehead atoms. The van der Waals surface area contributed by atoms with E-state index in [1.165, 1.54) is 0 Å². The number of nitrogens with zero attached hydrogens (tertiary/aromatic N) is 8. The summed E-state index contributed by atoms with van der Waals surface area (Å²) in [6, 6.07) is 11.7. The van der Waals surface area contributed by atoms with Gasteiger partial charge >= 0.3 is 48.8 Å². The molecule has 30 heteroatoms. The van der Waals surface area contributed by atoms with Crippen molar-refractivity contribution in [2.24, 2.45) is 11.8 Å². The van der Waals surface area contributed by atoms with Gasteiger partial charge in [-0.1, -0.05) is 35.3 Å².